The molecule has 0 spiro atoms. The van der Waals surface area contributed by atoms with Gasteiger partial charge in [-0.2, -0.15) is 5.10 Å². The first-order valence-electron chi connectivity index (χ1n) is 5.74. The van der Waals surface area contributed by atoms with Crippen LogP contribution in [-0.4, -0.2) is 21.1 Å². The van der Waals surface area contributed by atoms with Gasteiger partial charge in [0.1, 0.15) is 12.2 Å². The second-order valence-corrected chi connectivity index (χ2v) is 4.42. The molecule has 0 bridgehead atoms. The number of hydrogen-bond donors (Lipinski definition) is 2. The number of H-pyrrole nitrogens is 1. The van der Waals surface area contributed by atoms with Crippen molar-refractivity contribution in [2.45, 2.75) is 13.0 Å². The molecule has 2 aromatic rings. The summed E-state index contributed by atoms with van der Waals surface area (Å²) in [7, 11) is 0. The lowest BCUT2D eigenvalue weighted by Gasteiger charge is -2.08. The molecule has 0 aliphatic heterocycles. The number of benzene rings is 1. The molecule has 0 fully saturated rings. The highest BCUT2D eigenvalue weighted by Gasteiger charge is 2.09. The minimum atomic E-state index is -0.218. The Hall–Kier alpha value is -2.14. The largest absolute Gasteiger partial charge is 0.343 e. The molecule has 2 rings (SSSR count). The lowest BCUT2D eigenvalue weighted by Crippen LogP contribution is -2.25. The molecule has 2 N–H and O–H groups in total. The summed E-state index contributed by atoms with van der Waals surface area (Å²) < 4.78 is 0. The Bertz CT molecular complexity index is 563. The smallest absolute Gasteiger partial charge is 0.244 e. The minimum Gasteiger partial charge on any atom is -0.343 e. The summed E-state index contributed by atoms with van der Waals surface area (Å²) in [6, 6.07) is 7.01. The van der Waals surface area contributed by atoms with Crippen LogP contribution in [-0.2, 0) is 4.79 Å². The van der Waals surface area contributed by atoms with Crippen LogP contribution in [0.2, 0.25) is 5.02 Å². The molecule has 0 aliphatic rings. The number of amides is 1. The van der Waals surface area contributed by atoms with Crippen LogP contribution < -0.4 is 5.32 Å². The van der Waals surface area contributed by atoms with E-state index in [1.807, 2.05) is 19.1 Å². The van der Waals surface area contributed by atoms with Gasteiger partial charge in [0, 0.05) is 11.1 Å². The number of carbonyl (C=O) groups excluding carboxylic acids is 1. The lowest BCUT2D eigenvalue weighted by atomic mass is 10.2. The van der Waals surface area contributed by atoms with Crippen molar-refractivity contribution in [1.29, 1.82) is 0 Å². The highest BCUT2D eigenvalue weighted by molar-refractivity contribution is 6.30. The number of aromatic amines is 1. The maximum Gasteiger partial charge on any atom is 0.244 e. The molecule has 1 heterocycles. The Morgan fingerprint density at radius 2 is 2.16 bits per heavy atom. The summed E-state index contributed by atoms with van der Waals surface area (Å²) in [5.74, 6) is 0.423. The molecule has 1 aromatic carbocycles. The van der Waals surface area contributed by atoms with Gasteiger partial charge in [-0.15, -0.1) is 0 Å². The average molecular weight is 277 g/mol. The zero-order chi connectivity index (χ0) is 13.7. The number of hydrogen-bond acceptors (Lipinski definition) is 3. The number of aromatic nitrogens is 3. The molecule has 1 amide bonds. The average Bonchev–Trinajstić information content (AvgIpc) is 2.92. The molecule has 6 heteroatoms. The molecule has 1 aromatic heterocycles. The van der Waals surface area contributed by atoms with Gasteiger partial charge < -0.3 is 5.32 Å². The van der Waals surface area contributed by atoms with E-state index in [0.29, 0.717) is 10.8 Å². The van der Waals surface area contributed by atoms with Gasteiger partial charge in [-0.3, -0.25) is 9.89 Å². The Kier molecular flexibility index (Phi) is 4.30. The van der Waals surface area contributed by atoms with E-state index in [1.54, 1.807) is 18.2 Å². The van der Waals surface area contributed by atoms with Crippen LogP contribution in [0.3, 0.4) is 0 Å². The van der Waals surface area contributed by atoms with Crippen LogP contribution in [0.1, 0.15) is 24.4 Å². The second kappa shape index (κ2) is 6.15. The SMILES string of the molecule is CC(NC(=O)/C=C/c1ccc(Cl)cc1)c1ncn[nH]1. The number of halogens is 1. The minimum absolute atomic E-state index is 0.196. The first-order chi connectivity index (χ1) is 9.15. The monoisotopic (exact) mass is 276 g/mol. The summed E-state index contributed by atoms with van der Waals surface area (Å²) in [5.41, 5.74) is 0.909. The molecule has 0 radical (unpaired) electrons. The summed E-state index contributed by atoms with van der Waals surface area (Å²) in [5, 5.41) is 9.89. The van der Waals surface area contributed by atoms with Gasteiger partial charge in [-0.25, -0.2) is 4.98 Å². The third-order valence-electron chi connectivity index (χ3n) is 2.50. The van der Waals surface area contributed by atoms with Crippen molar-refractivity contribution < 1.29 is 4.79 Å². The van der Waals surface area contributed by atoms with E-state index in [-0.39, 0.29) is 11.9 Å². The fraction of sp³-hybridized carbons (Fsp3) is 0.154. The van der Waals surface area contributed by atoms with Crippen molar-refractivity contribution in [2.75, 3.05) is 0 Å². The van der Waals surface area contributed by atoms with E-state index >= 15 is 0 Å². The predicted molar refractivity (Wildman–Crippen MR) is 73.4 cm³/mol. The summed E-state index contributed by atoms with van der Waals surface area (Å²) in [6.45, 7) is 1.83. The molecule has 0 aliphatic carbocycles. The van der Waals surface area contributed by atoms with E-state index in [4.69, 9.17) is 11.6 Å². The standard InChI is InChI=1S/C13H13ClN4O/c1-9(13-15-8-16-18-13)17-12(19)7-4-10-2-5-11(14)6-3-10/h2-9H,1H3,(H,17,19)(H,15,16,18)/b7-4+. The fourth-order valence-corrected chi connectivity index (χ4v) is 1.63. The molecule has 0 saturated heterocycles. The maximum absolute atomic E-state index is 11.7. The van der Waals surface area contributed by atoms with Crippen LogP contribution in [0.15, 0.2) is 36.7 Å². The van der Waals surface area contributed by atoms with Gasteiger partial charge in [-0.05, 0) is 30.7 Å². The molecular formula is C13H13ClN4O. The number of nitrogens with zero attached hydrogens (tertiary/aromatic N) is 2. The van der Waals surface area contributed by atoms with Gasteiger partial charge in [0.05, 0.1) is 6.04 Å². The van der Waals surface area contributed by atoms with E-state index in [1.165, 1.54) is 12.4 Å². The summed E-state index contributed by atoms with van der Waals surface area (Å²) >= 11 is 5.78. The summed E-state index contributed by atoms with van der Waals surface area (Å²) in [4.78, 5) is 15.7. The quantitative estimate of drug-likeness (QED) is 0.842. The molecule has 98 valence electrons. The molecular weight excluding hydrogens is 264 g/mol. The Balaban J connectivity index is 1.92. The highest BCUT2D eigenvalue weighted by atomic mass is 35.5. The second-order valence-electron chi connectivity index (χ2n) is 3.99. The van der Waals surface area contributed by atoms with Crippen LogP contribution in [0.4, 0.5) is 0 Å². The molecule has 0 saturated carbocycles. The van der Waals surface area contributed by atoms with E-state index in [2.05, 4.69) is 20.5 Å². The van der Waals surface area contributed by atoms with Gasteiger partial charge in [0.2, 0.25) is 5.91 Å². The first-order valence-corrected chi connectivity index (χ1v) is 6.12. The number of nitrogens with one attached hydrogen (secondary N) is 2. The molecule has 5 nitrogen and oxygen atoms in total. The third-order valence-corrected chi connectivity index (χ3v) is 2.75. The maximum atomic E-state index is 11.7. The predicted octanol–water partition coefficient (Wildman–Crippen LogP) is 2.35. The first kappa shape index (κ1) is 13.3. The molecule has 1 atom stereocenters. The van der Waals surface area contributed by atoms with Gasteiger partial charge in [0.15, 0.2) is 0 Å². The topological polar surface area (TPSA) is 70.7 Å². The van der Waals surface area contributed by atoms with E-state index < -0.39 is 0 Å². The van der Waals surface area contributed by atoms with Crippen molar-refractivity contribution in [3.8, 4) is 0 Å². The lowest BCUT2D eigenvalue weighted by molar-refractivity contribution is -0.117. The number of carbonyl (C=O) groups is 1. The van der Waals surface area contributed by atoms with Crippen molar-refractivity contribution in [3.05, 3.63) is 53.1 Å². The van der Waals surface area contributed by atoms with Gasteiger partial charge >= 0.3 is 0 Å². The normalized spacial score (nSPS) is 12.5. The van der Waals surface area contributed by atoms with Crippen LogP contribution >= 0.6 is 11.6 Å². The van der Waals surface area contributed by atoms with Crippen molar-refractivity contribution >= 4 is 23.6 Å². The van der Waals surface area contributed by atoms with E-state index in [0.717, 1.165) is 5.56 Å². The molecule has 1 unspecified atom stereocenters. The zero-order valence-electron chi connectivity index (χ0n) is 10.3. The van der Waals surface area contributed by atoms with Crippen LogP contribution in [0, 0.1) is 0 Å². The van der Waals surface area contributed by atoms with Crippen LogP contribution in [0.5, 0.6) is 0 Å². The van der Waals surface area contributed by atoms with Gasteiger partial charge in [-0.1, -0.05) is 23.7 Å². The van der Waals surface area contributed by atoms with Crippen molar-refractivity contribution in [3.63, 3.8) is 0 Å². The van der Waals surface area contributed by atoms with Crippen LogP contribution in [0.25, 0.3) is 6.08 Å². The Morgan fingerprint density at radius 1 is 1.42 bits per heavy atom. The zero-order valence-corrected chi connectivity index (χ0v) is 11.1. The van der Waals surface area contributed by atoms with Crippen molar-refractivity contribution in [1.82, 2.24) is 20.5 Å². The summed E-state index contributed by atoms with van der Waals surface area (Å²) in [6.07, 6.45) is 4.59. The van der Waals surface area contributed by atoms with Crippen molar-refractivity contribution in [2.24, 2.45) is 0 Å². The Labute approximate surface area is 115 Å². The van der Waals surface area contributed by atoms with Gasteiger partial charge in [0.25, 0.3) is 0 Å². The van der Waals surface area contributed by atoms with E-state index in [9.17, 15) is 4.79 Å². The third kappa shape index (κ3) is 3.93. The fourth-order valence-electron chi connectivity index (χ4n) is 1.50. The number of rotatable bonds is 4. The highest BCUT2D eigenvalue weighted by Crippen LogP contribution is 2.10. The molecule has 19 heavy (non-hydrogen) atoms. The Morgan fingerprint density at radius 3 is 2.79 bits per heavy atom.